The first-order valence-electron chi connectivity index (χ1n) is 9.87. The molecule has 1 unspecified atom stereocenters. The van der Waals surface area contributed by atoms with Crippen molar-refractivity contribution in [3.63, 3.8) is 0 Å². The minimum Gasteiger partial charge on any atom is -0.480 e. The fourth-order valence-corrected chi connectivity index (χ4v) is 3.54. The van der Waals surface area contributed by atoms with E-state index in [0.717, 1.165) is 22.3 Å². The van der Waals surface area contributed by atoms with E-state index in [1.165, 1.54) is 6.08 Å². The van der Waals surface area contributed by atoms with Crippen molar-refractivity contribution >= 4 is 18.2 Å². The molecule has 0 aliphatic heterocycles. The van der Waals surface area contributed by atoms with Crippen LogP contribution in [0.3, 0.4) is 0 Å². The van der Waals surface area contributed by atoms with E-state index < -0.39 is 24.2 Å². The number of carbonyl (C=O) groups excluding carboxylic acids is 2. The van der Waals surface area contributed by atoms with Crippen LogP contribution in [0.5, 0.6) is 0 Å². The molecule has 2 amide bonds. The highest BCUT2D eigenvalue weighted by Crippen LogP contribution is 2.44. The second-order valence-corrected chi connectivity index (χ2v) is 6.96. The number of aliphatic carboxylic acids is 1. The summed E-state index contributed by atoms with van der Waals surface area (Å²) in [6.45, 7) is 3.54. The molecule has 0 aromatic heterocycles. The van der Waals surface area contributed by atoms with Crippen molar-refractivity contribution in [1.29, 1.82) is 0 Å². The molecule has 0 heterocycles. The van der Waals surface area contributed by atoms with E-state index in [1.54, 1.807) is 0 Å². The summed E-state index contributed by atoms with van der Waals surface area (Å²) in [5.41, 5.74) is 4.46. The third-order valence-corrected chi connectivity index (χ3v) is 4.97. The Balaban J connectivity index is 1.50. The summed E-state index contributed by atoms with van der Waals surface area (Å²) in [4.78, 5) is 34.9. The Bertz CT molecular complexity index is 929. The van der Waals surface area contributed by atoms with Crippen molar-refractivity contribution in [1.82, 2.24) is 10.6 Å². The number of rotatable bonds is 9. The van der Waals surface area contributed by atoms with Gasteiger partial charge in [0, 0.05) is 12.5 Å². The molecular formula is C23H24N2O6. The third-order valence-electron chi connectivity index (χ3n) is 4.97. The van der Waals surface area contributed by atoms with Gasteiger partial charge in [0.1, 0.15) is 19.3 Å². The molecule has 2 aromatic carbocycles. The topological polar surface area (TPSA) is 114 Å². The predicted octanol–water partition coefficient (Wildman–Crippen LogP) is 3.28. The number of alkyl carbamates (subject to hydrolysis) is 2. The van der Waals surface area contributed by atoms with Crippen molar-refractivity contribution in [2.75, 3.05) is 19.8 Å². The van der Waals surface area contributed by atoms with Gasteiger partial charge in [-0.1, -0.05) is 61.2 Å². The normalized spacial score (nSPS) is 12.8. The number of hydrogen-bond acceptors (Lipinski definition) is 5. The maximum Gasteiger partial charge on any atom is 0.408 e. The molecule has 0 fully saturated rings. The fourth-order valence-electron chi connectivity index (χ4n) is 3.54. The smallest absolute Gasteiger partial charge is 0.408 e. The molecule has 8 heteroatoms. The van der Waals surface area contributed by atoms with Crippen LogP contribution in [0.4, 0.5) is 9.59 Å². The molecular weight excluding hydrogens is 400 g/mol. The number of amides is 2. The SMILES string of the molecule is C=CCOC(=O)NC(CCNC(=O)OCC1c2ccccc2-c2ccccc21)C(=O)O. The lowest BCUT2D eigenvalue weighted by Gasteiger charge is -2.16. The zero-order valence-electron chi connectivity index (χ0n) is 16.9. The molecule has 1 atom stereocenters. The second-order valence-electron chi connectivity index (χ2n) is 6.96. The molecule has 3 N–H and O–H groups in total. The van der Waals surface area contributed by atoms with E-state index in [0.29, 0.717) is 0 Å². The van der Waals surface area contributed by atoms with Crippen LogP contribution in [0.1, 0.15) is 23.5 Å². The quantitative estimate of drug-likeness (QED) is 0.533. The lowest BCUT2D eigenvalue weighted by Crippen LogP contribution is -2.43. The van der Waals surface area contributed by atoms with Gasteiger partial charge in [-0.05, 0) is 28.7 Å². The van der Waals surface area contributed by atoms with E-state index in [4.69, 9.17) is 9.47 Å². The van der Waals surface area contributed by atoms with Gasteiger partial charge >= 0.3 is 18.2 Å². The summed E-state index contributed by atoms with van der Waals surface area (Å²) in [6.07, 6.45) is -0.176. The lowest BCUT2D eigenvalue weighted by molar-refractivity contribution is -0.139. The van der Waals surface area contributed by atoms with Gasteiger partial charge in [-0.25, -0.2) is 14.4 Å². The van der Waals surface area contributed by atoms with Gasteiger partial charge in [0.25, 0.3) is 0 Å². The molecule has 0 bridgehead atoms. The van der Waals surface area contributed by atoms with Crippen LogP contribution in [0.2, 0.25) is 0 Å². The summed E-state index contributed by atoms with van der Waals surface area (Å²) in [7, 11) is 0. The highest BCUT2D eigenvalue weighted by atomic mass is 16.6. The molecule has 0 saturated carbocycles. The van der Waals surface area contributed by atoms with Crippen molar-refractivity contribution in [2.24, 2.45) is 0 Å². The Morgan fingerprint density at radius 1 is 1.00 bits per heavy atom. The van der Waals surface area contributed by atoms with Crippen LogP contribution < -0.4 is 10.6 Å². The largest absolute Gasteiger partial charge is 0.480 e. The van der Waals surface area contributed by atoms with Gasteiger partial charge < -0.3 is 25.2 Å². The second kappa shape index (κ2) is 10.3. The molecule has 8 nitrogen and oxygen atoms in total. The van der Waals surface area contributed by atoms with E-state index in [-0.39, 0.29) is 32.1 Å². The van der Waals surface area contributed by atoms with Gasteiger partial charge in [0.15, 0.2) is 0 Å². The Labute approximate surface area is 179 Å². The number of carbonyl (C=O) groups is 3. The minimum atomic E-state index is -1.23. The van der Waals surface area contributed by atoms with E-state index >= 15 is 0 Å². The zero-order valence-corrected chi connectivity index (χ0v) is 16.9. The predicted molar refractivity (Wildman–Crippen MR) is 114 cm³/mol. The minimum absolute atomic E-state index is 0.00930. The molecule has 31 heavy (non-hydrogen) atoms. The highest BCUT2D eigenvalue weighted by Gasteiger charge is 2.29. The zero-order chi connectivity index (χ0) is 22.2. The van der Waals surface area contributed by atoms with Gasteiger partial charge in [0.05, 0.1) is 0 Å². The number of carboxylic acids is 1. The van der Waals surface area contributed by atoms with Gasteiger partial charge in [-0.15, -0.1) is 0 Å². The van der Waals surface area contributed by atoms with E-state index in [9.17, 15) is 19.5 Å². The maximum atomic E-state index is 12.1. The van der Waals surface area contributed by atoms with Crippen LogP contribution in [0, 0.1) is 0 Å². The number of hydrogen-bond donors (Lipinski definition) is 3. The molecule has 3 rings (SSSR count). The van der Waals surface area contributed by atoms with Gasteiger partial charge in [-0.2, -0.15) is 0 Å². The van der Waals surface area contributed by atoms with E-state index in [1.807, 2.05) is 48.5 Å². The Morgan fingerprint density at radius 3 is 2.19 bits per heavy atom. The summed E-state index contributed by atoms with van der Waals surface area (Å²) < 4.78 is 10.1. The molecule has 1 aliphatic carbocycles. The van der Waals surface area contributed by atoms with Gasteiger partial charge in [0.2, 0.25) is 0 Å². The number of benzene rings is 2. The standard InChI is InChI=1S/C23H24N2O6/c1-2-13-30-23(29)25-20(21(26)27)11-12-24-22(28)31-14-19-17-9-5-3-7-15(17)16-8-4-6-10-18(16)19/h2-10,19-20H,1,11-14H2,(H,24,28)(H,25,29)(H,26,27). The monoisotopic (exact) mass is 424 g/mol. The van der Waals surface area contributed by atoms with Crippen molar-refractivity contribution < 1.29 is 29.0 Å². The number of ether oxygens (including phenoxy) is 2. The first-order chi connectivity index (χ1) is 15.0. The average molecular weight is 424 g/mol. The van der Waals surface area contributed by atoms with E-state index in [2.05, 4.69) is 17.2 Å². The third kappa shape index (κ3) is 5.42. The van der Waals surface area contributed by atoms with Crippen LogP contribution in [-0.2, 0) is 14.3 Å². The van der Waals surface area contributed by atoms with Crippen molar-refractivity contribution in [3.05, 3.63) is 72.3 Å². The molecule has 0 radical (unpaired) electrons. The number of nitrogens with one attached hydrogen (secondary N) is 2. The lowest BCUT2D eigenvalue weighted by atomic mass is 9.98. The molecule has 1 aliphatic rings. The first kappa shape index (κ1) is 21.9. The Morgan fingerprint density at radius 2 is 1.61 bits per heavy atom. The van der Waals surface area contributed by atoms with Crippen molar-refractivity contribution in [2.45, 2.75) is 18.4 Å². The highest BCUT2D eigenvalue weighted by molar-refractivity contribution is 5.80. The van der Waals surface area contributed by atoms with Crippen LogP contribution in [0.25, 0.3) is 11.1 Å². The van der Waals surface area contributed by atoms with Crippen LogP contribution >= 0.6 is 0 Å². The Kier molecular flexibility index (Phi) is 7.26. The molecule has 0 saturated heterocycles. The van der Waals surface area contributed by atoms with Gasteiger partial charge in [-0.3, -0.25) is 0 Å². The summed E-state index contributed by atoms with van der Waals surface area (Å²) >= 11 is 0. The fraction of sp³-hybridized carbons (Fsp3) is 0.261. The average Bonchev–Trinajstić information content (AvgIpc) is 3.09. The molecule has 2 aromatic rings. The number of carboxylic acid groups (broad SMARTS) is 1. The van der Waals surface area contributed by atoms with Crippen LogP contribution in [-0.4, -0.2) is 49.1 Å². The van der Waals surface area contributed by atoms with Crippen molar-refractivity contribution in [3.8, 4) is 11.1 Å². The maximum absolute atomic E-state index is 12.1. The summed E-state index contributed by atoms with van der Waals surface area (Å²) in [5, 5.41) is 14.0. The number of fused-ring (bicyclic) bond motifs is 3. The first-order valence-corrected chi connectivity index (χ1v) is 9.87. The molecule has 162 valence electrons. The van der Waals surface area contributed by atoms with Crippen LogP contribution in [0.15, 0.2) is 61.2 Å². The Hall–Kier alpha value is -3.81. The summed E-state index contributed by atoms with van der Waals surface area (Å²) in [6, 6.07) is 14.8. The summed E-state index contributed by atoms with van der Waals surface area (Å²) in [5.74, 6) is -1.30. The molecule has 0 spiro atoms.